The van der Waals surface area contributed by atoms with Crippen LogP contribution in [0.25, 0.3) is 22.0 Å². The van der Waals surface area contributed by atoms with E-state index in [0.717, 1.165) is 53.3 Å². The molecule has 0 spiro atoms. The molecule has 3 aromatic rings. The molecular formula is C33H44N4O4. The number of carbonyl (C=O) groups excluding carboxylic acids is 2. The van der Waals surface area contributed by atoms with Crippen molar-refractivity contribution in [1.29, 1.82) is 0 Å². The van der Waals surface area contributed by atoms with E-state index in [2.05, 4.69) is 30.4 Å². The molecule has 220 valence electrons. The summed E-state index contributed by atoms with van der Waals surface area (Å²) in [5.74, 6) is -0.216. The number of nitrogens with one attached hydrogen (secondary N) is 1. The van der Waals surface area contributed by atoms with Gasteiger partial charge in [-0.3, -0.25) is 4.79 Å². The van der Waals surface area contributed by atoms with E-state index in [-0.39, 0.29) is 42.7 Å². The maximum atomic E-state index is 14.5. The Bertz CT molecular complexity index is 1380. The van der Waals surface area contributed by atoms with E-state index >= 15 is 0 Å². The molecule has 1 aliphatic heterocycles. The Kier molecular flexibility index (Phi) is 9.00. The number of rotatable bonds is 5. The van der Waals surface area contributed by atoms with Crippen LogP contribution in [0.1, 0.15) is 62.0 Å². The van der Waals surface area contributed by atoms with Gasteiger partial charge in [0.25, 0.3) is 5.91 Å². The summed E-state index contributed by atoms with van der Waals surface area (Å²) >= 11 is 0. The highest BCUT2D eigenvalue weighted by molar-refractivity contribution is 6.10. The van der Waals surface area contributed by atoms with Crippen LogP contribution in [0, 0.1) is 5.92 Å². The van der Waals surface area contributed by atoms with Crippen LogP contribution in [0.4, 0.5) is 4.79 Å². The molecule has 1 aromatic heterocycles. The van der Waals surface area contributed by atoms with Crippen LogP contribution in [-0.4, -0.2) is 76.3 Å². The van der Waals surface area contributed by atoms with E-state index in [9.17, 15) is 14.7 Å². The van der Waals surface area contributed by atoms with Gasteiger partial charge >= 0.3 is 6.03 Å². The van der Waals surface area contributed by atoms with Crippen molar-refractivity contribution in [2.24, 2.45) is 13.0 Å². The molecule has 41 heavy (non-hydrogen) atoms. The molecule has 3 atom stereocenters. The normalized spacial score (nSPS) is 21.1. The van der Waals surface area contributed by atoms with Crippen LogP contribution in [0.2, 0.25) is 0 Å². The first kappa shape index (κ1) is 29.1. The van der Waals surface area contributed by atoms with Crippen molar-refractivity contribution in [3.05, 3.63) is 59.8 Å². The van der Waals surface area contributed by atoms with Gasteiger partial charge in [0.15, 0.2) is 0 Å². The zero-order valence-corrected chi connectivity index (χ0v) is 24.8. The van der Waals surface area contributed by atoms with Crippen LogP contribution in [0.15, 0.2) is 48.5 Å². The average molecular weight is 561 g/mol. The van der Waals surface area contributed by atoms with Gasteiger partial charge in [-0.25, -0.2) is 4.79 Å². The van der Waals surface area contributed by atoms with E-state index < -0.39 is 0 Å². The van der Waals surface area contributed by atoms with Crippen LogP contribution < -0.4 is 5.32 Å². The number of aliphatic hydroxyl groups excluding tert-OH is 1. The number of likely N-dealkylation sites (N-methyl/N-ethyl adjacent to an activating group) is 1. The number of para-hydroxylation sites is 1. The summed E-state index contributed by atoms with van der Waals surface area (Å²) in [6.07, 6.45) is 5.28. The fraction of sp³-hybridized carbons (Fsp3) is 0.515. The van der Waals surface area contributed by atoms with Crippen molar-refractivity contribution in [1.82, 2.24) is 19.7 Å². The standard InChI is InChI=1S/C33H44N4O4/c1-22-18-37(23(2)20-38)32(39)31-30(27-16-10-11-17-28(27)36(31)4)26-15-9-8-12-24(26)21-41-29(22)19-35(3)33(40)34-25-13-6-5-7-14-25/h8-12,15-17,22-23,25,29,38H,5-7,13-14,18-21H2,1-4H3,(H,34,40)/t22-,23+,29-/m1/s1. The number of aryl methyl sites for hydroxylation is 1. The molecule has 3 amide bonds. The molecule has 1 aliphatic carbocycles. The van der Waals surface area contributed by atoms with E-state index in [1.807, 2.05) is 55.9 Å². The molecule has 0 saturated heterocycles. The van der Waals surface area contributed by atoms with Gasteiger partial charge in [-0.1, -0.05) is 68.7 Å². The molecule has 1 saturated carbocycles. The van der Waals surface area contributed by atoms with Crippen LogP contribution in [0.3, 0.4) is 0 Å². The Hall–Kier alpha value is -3.36. The van der Waals surface area contributed by atoms with Crippen molar-refractivity contribution >= 4 is 22.8 Å². The first-order chi connectivity index (χ1) is 19.8. The van der Waals surface area contributed by atoms with Gasteiger partial charge in [0, 0.05) is 55.6 Å². The summed E-state index contributed by atoms with van der Waals surface area (Å²) in [4.78, 5) is 31.1. The van der Waals surface area contributed by atoms with Crippen molar-refractivity contribution in [2.75, 3.05) is 26.7 Å². The molecule has 0 unspecified atom stereocenters. The van der Waals surface area contributed by atoms with E-state index in [1.165, 1.54) is 6.42 Å². The molecule has 2 N–H and O–H groups in total. The number of ether oxygens (including phenoxy) is 1. The number of urea groups is 1. The van der Waals surface area contributed by atoms with Gasteiger partial charge in [-0.2, -0.15) is 0 Å². The predicted octanol–water partition coefficient (Wildman–Crippen LogP) is 5.18. The largest absolute Gasteiger partial charge is 0.394 e. The van der Waals surface area contributed by atoms with Crippen LogP contribution in [-0.2, 0) is 18.4 Å². The lowest BCUT2D eigenvalue weighted by Crippen LogP contribution is -2.50. The first-order valence-electron chi connectivity index (χ1n) is 15.0. The van der Waals surface area contributed by atoms with Crippen LogP contribution in [0.5, 0.6) is 0 Å². The number of hydrogen-bond donors (Lipinski definition) is 2. The highest BCUT2D eigenvalue weighted by Crippen LogP contribution is 2.38. The summed E-state index contributed by atoms with van der Waals surface area (Å²) < 4.78 is 8.60. The van der Waals surface area contributed by atoms with Crippen LogP contribution >= 0.6 is 0 Å². The Morgan fingerprint density at radius 3 is 2.59 bits per heavy atom. The highest BCUT2D eigenvalue weighted by atomic mass is 16.5. The summed E-state index contributed by atoms with van der Waals surface area (Å²) in [5.41, 5.74) is 4.42. The molecular weight excluding hydrogens is 516 g/mol. The first-order valence-corrected chi connectivity index (χ1v) is 15.0. The number of aliphatic hydroxyl groups is 1. The Morgan fingerprint density at radius 2 is 1.83 bits per heavy atom. The minimum atomic E-state index is -0.389. The summed E-state index contributed by atoms with van der Waals surface area (Å²) in [7, 11) is 3.75. The van der Waals surface area contributed by atoms with Gasteiger partial charge in [-0.05, 0) is 37.0 Å². The van der Waals surface area contributed by atoms with Crippen molar-refractivity contribution in [2.45, 2.75) is 70.7 Å². The Morgan fingerprint density at radius 1 is 1.12 bits per heavy atom. The van der Waals surface area contributed by atoms with Gasteiger partial charge in [-0.15, -0.1) is 0 Å². The van der Waals surface area contributed by atoms with Gasteiger partial charge in [0.05, 0.1) is 25.4 Å². The minimum absolute atomic E-state index is 0.0852. The summed E-state index contributed by atoms with van der Waals surface area (Å²) in [6.45, 7) is 4.93. The lowest BCUT2D eigenvalue weighted by atomic mass is 9.96. The third kappa shape index (κ3) is 5.99. The average Bonchev–Trinajstić information content (AvgIpc) is 3.28. The van der Waals surface area contributed by atoms with Gasteiger partial charge < -0.3 is 29.5 Å². The monoisotopic (exact) mass is 560 g/mol. The van der Waals surface area contributed by atoms with Crippen molar-refractivity contribution in [3.8, 4) is 11.1 Å². The molecule has 0 bridgehead atoms. The second-order valence-electron chi connectivity index (χ2n) is 11.9. The number of fused-ring (bicyclic) bond motifs is 5. The number of nitrogens with zero attached hydrogens (tertiary/aromatic N) is 3. The molecule has 5 rings (SSSR count). The summed E-state index contributed by atoms with van der Waals surface area (Å²) in [6, 6.07) is 15.9. The minimum Gasteiger partial charge on any atom is -0.394 e. The molecule has 2 aromatic carbocycles. The molecule has 8 heteroatoms. The van der Waals surface area contributed by atoms with Crippen molar-refractivity contribution < 1.29 is 19.4 Å². The topological polar surface area (TPSA) is 87.0 Å². The molecule has 2 heterocycles. The third-order valence-corrected chi connectivity index (χ3v) is 8.96. The van der Waals surface area contributed by atoms with Gasteiger partial charge in [0.2, 0.25) is 0 Å². The van der Waals surface area contributed by atoms with E-state index in [4.69, 9.17) is 4.74 Å². The second kappa shape index (κ2) is 12.7. The quantitative estimate of drug-likeness (QED) is 0.450. The van der Waals surface area contributed by atoms with E-state index in [0.29, 0.717) is 25.4 Å². The molecule has 8 nitrogen and oxygen atoms in total. The third-order valence-electron chi connectivity index (χ3n) is 8.96. The Labute approximate surface area is 243 Å². The Balaban J connectivity index is 1.52. The molecule has 1 fully saturated rings. The van der Waals surface area contributed by atoms with E-state index in [1.54, 1.807) is 9.80 Å². The zero-order chi connectivity index (χ0) is 29.1. The number of benzene rings is 2. The zero-order valence-electron chi connectivity index (χ0n) is 24.8. The SMILES string of the molecule is C[C@@H]1CN([C@@H](C)CO)C(=O)c2c(c3ccccc3n2C)-c2ccccc2CO[C@@H]1CN(C)C(=O)NC1CCCCC1. The number of carbonyl (C=O) groups is 2. The molecule has 0 radical (unpaired) electrons. The maximum Gasteiger partial charge on any atom is 0.317 e. The number of aromatic nitrogens is 1. The summed E-state index contributed by atoms with van der Waals surface area (Å²) in [5, 5.41) is 14.4. The highest BCUT2D eigenvalue weighted by Gasteiger charge is 2.34. The van der Waals surface area contributed by atoms with Crippen molar-refractivity contribution in [3.63, 3.8) is 0 Å². The molecule has 2 aliphatic rings. The lowest BCUT2D eigenvalue weighted by molar-refractivity contribution is -0.0186. The number of amides is 3. The predicted molar refractivity (Wildman–Crippen MR) is 162 cm³/mol. The number of hydrogen-bond acceptors (Lipinski definition) is 4. The van der Waals surface area contributed by atoms with Gasteiger partial charge in [0.1, 0.15) is 5.69 Å². The lowest BCUT2D eigenvalue weighted by Gasteiger charge is -2.35. The second-order valence-corrected chi connectivity index (χ2v) is 11.9. The maximum absolute atomic E-state index is 14.5. The fourth-order valence-electron chi connectivity index (χ4n) is 6.41. The fourth-order valence-corrected chi connectivity index (χ4v) is 6.41. The smallest absolute Gasteiger partial charge is 0.317 e.